The van der Waals surface area contributed by atoms with Gasteiger partial charge in [-0.25, -0.2) is 4.79 Å². The van der Waals surface area contributed by atoms with E-state index in [2.05, 4.69) is 8.83 Å². The summed E-state index contributed by atoms with van der Waals surface area (Å²) in [6, 6.07) is 0. The summed E-state index contributed by atoms with van der Waals surface area (Å²) >= 11 is 0. The van der Waals surface area contributed by atoms with Gasteiger partial charge in [0.15, 0.2) is 5.76 Å². The van der Waals surface area contributed by atoms with Gasteiger partial charge in [0.2, 0.25) is 5.88 Å². The van der Waals surface area contributed by atoms with Gasteiger partial charge in [0.05, 0.1) is 0 Å². The van der Waals surface area contributed by atoms with Crippen LogP contribution in [0.5, 0.6) is 0 Å². The van der Waals surface area contributed by atoms with Gasteiger partial charge in [0, 0.05) is 6.42 Å². The average molecular weight is 157 g/mol. The third-order valence-corrected chi connectivity index (χ3v) is 1.27. The van der Waals surface area contributed by atoms with Gasteiger partial charge in [0.25, 0.3) is 0 Å². The summed E-state index contributed by atoms with van der Waals surface area (Å²) in [7, 11) is 0. The quantitative estimate of drug-likeness (QED) is 0.695. The summed E-state index contributed by atoms with van der Waals surface area (Å²) in [5.74, 6) is 0.227. The molecule has 11 heavy (non-hydrogen) atoms. The van der Waals surface area contributed by atoms with E-state index in [1.165, 1.54) is 0 Å². The Labute approximate surface area is 64.0 Å². The maximum atomic E-state index is 10.5. The molecule has 62 valence electrons. The van der Waals surface area contributed by atoms with Gasteiger partial charge in [-0.05, 0) is 5.92 Å². The first-order valence-corrected chi connectivity index (χ1v) is 3.48. The highest BCUT2D eigenvalue weighted by molar-refractivity contribution is 5.26. The Kier molecular flexibility index (Phi) is 2.03. The van der Waals surface area contributed by atoms with Crippen molar-refractivity contribution < 1.29 is 8.83 Å². The lowest BCUT2D eigenvalue weighted by molar-refractivity contribution is 0.370. The van der Waals surface area contributed by atoms with E-state index in [0.29, 0.717) is 18.1 Å². The Morgan fingerprint density at radius 2 is 2.09 bits per heavy atom. The monoisotopic (exact) mass is 157 g/mol. The molecule has 0 aliphatic carbocycles. The van der Waals surface area contributed by atoms with Gasteiger partial charge in [0.1, 0.15) is 0 Å². The van der Waals surface area contributed by atoms with Crippen molar-refractivity contribution in [1.82, 2.24) is 0 Å². The maximum Gasteiger partial charge on any atom is 0.520 e. The first-order valence-electron chi connectivity index (χ1n) is 3.48. The molecule has 0 atom stereocenters. The molecule has 0 aromatic carbocycles. The first kappa shape index (κ1) is 7.91. The van der Waals surface area contributed by atoms with Crippen LogP contribution in [0.25, 0.3) is 0 Å². The van der Waals surface area contributed by atoms with E-state index in [9.17, 15) is 4.79 Å². The first-order chi connectivity index (χ1) is 5.09. The summed E-state index contributed by atoms with van der Waals surface area (Å²) in [6.45, 7) is 4.01. The second kappa shape index (κ2) is 2.82. The predicted octanol–water partition coefficient (Wildman–Crippen LogP) is 1.01. The standard InChI is InChI=1S/C7H11NO3/c1-4(2)3-5-6(8)11-7(9)10-5/h4H,3,8H2,1-2H3. The third-order valence-electron chi connectivity index (χ3n) is 1.27. The van der Waals surface area contributed by atoms with E-state index in [0.717, 1.165) is 0 Å². The molecule has 0 saturated carbocycles. The van der Waals surface area contributed by atoms with Crippen molar-refractivity contribution >= 4 is 5.88 Å². The van der Waals surface area contributed by atoms with Crippen LogP contribution < -0.4 is 11.6 Å². The fraction of sp³-hybridized carbons (Fsp3) is 0.571. The normalized spacial score (nSPS) is 10.8. The zero-order valence-electron chi connectivity index (χ0n) is 6.59. The van der Waals surface area contributed by atoms with Crippen molar-refractivity contribution in [3.8, 4) is 0 Å². The Bertz CT molecular complexity index is 284. The third kappa shape index (κ3) is 1.86. The SMILES string of the molecule is CC(C)Cc1oc(=O)oc1N. The lowest BCUT2D eigenvalue weighted by Gasteiger charge is -1.98. The predicted molar refractivity (Wildman–Crippen MR) is 40.2 cm³/mol. The van der Waals surface area contributed by atoms with Crippen molar-refractivity contribution in [2.75, 3.05) is 5.73 Å². The molecule has 0 fully saturated rings. The molecule has 0 aliphatic heterocycles. The lowest BCUT2D eigenvalue weighted by atomic mass is 10.1. The van der Waals surface area contributed by atoms with Crippen LogP contribution in [-0.2, 0) is 6.42 Å². The topological polar surface area (TPSA) is 69.4 Å². The Hall–Kier alpha value is -1.19. The molecule has 0 amide bonds. The maximum absolute atomic E-state index is 10.5. The minimum Gasteiger partial charge on any atom is -0.394 e. The minimum absolute atomic E-state index is 0.101. The van der Waals surface area contributed by atoms with E-state index in [4.69, 9.17) is 5.73 Å². The van der Waals surface area contributed by atoms with Crippen molar-refractivity contribution in [3.63, 3.8) is 0 Å². The van der Waals surface area contributed by atoms with E-state index in [-0.39, 0.29) is 5.88 Å². The lowest BCUT2D eigenvalue weighted by Crippen LogP contribution is -1.95. The van der Waals surface area contributed by atoms with Crippen molar-refractivity contribution in [2.45, 2.75) is 20.3 Å². The van der Waals surface area contributed by atoms with Gasteiger partial charge in [-0.2, -0.15) is 0 Å². The van der Waals surface area contributed by atoms with E-state index in [1.807, 2.05) is 13.8 Å². The highest BCUT2D eigenvalue weighted by atomic mass is 16.6. The number of anilines is 1. The minimum atomic E-state index is -0.724. The fourth-order valence-electron chi connectivity index (χ4n) is 0.831. The molecule has 1 aromatic rings. The van der Waals surface area contributed by atoms with E-state index >= 15 is 0 Å². The van der Waals surface area contributed by atoms with Gasteiger partial charge < -0.3 is 14.6 Å². The summed E-state index contributed by atoms with van der Waals surface area (Å²) in [6.07, 6.45) is 0.636. The van der Waals surface area contributed by atoms with Crippen molar-refractivity contribution in [1.29, 1.82) is 0 Å². The molecule has 0 aliphatic rings. The highest BCUT2D eigenvalue weighted by Gasteiger charge is 2.10. The molecule has 4 nitrogen and oxygen atoms in total. The Balaban J connectivity index is 2.86. The van der Waals surface area contributed by atoms with Crippen LogP contribution in [0, 0.1) is 5.92 Å². The van der Waals surface area contributed by atoms with Crippen LogP contribution in [0.3, 0.4) is 0 Å². The zero-order chi connectivity index (χ0) is 8.43. The van der Waals surface area contributed by atoms with Crippen molar-refractivity contribution in [3.05, 3.63) is 16.4 Å². The molecular formula is C7H11NO3. The molecule has 1 aromatic heterocycles. The van der Waals surface area contributed by atoms with Crippen LogP contribution >= 0.6 is 0 Å². The molecular weight excluding hydrogens is 146 g/mol. The Morgan fingerprint density at radius 1 is 1.45 bits per heavy atom. The zero-order valence-corrected chi connectivity index (χ0v) is 6.59. The second-order valence-corrected chi connectivity index (χ2v) is 2.84. The van der Waals surface area contributed by atoms with Crippen LogP contribution in [0.1, 0.15) is 19.6 Å². The van der Waals surface area contributed by atoms with Gasteiger partial charge >= 0.3 is 5.82 Å². The number of hydrogen-bond donors (Lipinski definition) is 1. The summed E-state index contributed by atoms with van der Waals surface area (Å²) in [5.41, 5.74) is 5.33. The Morgan fingerprint density at radius 3 is 2.45 bits per heavy atom. The molecule has 0 radical (unpaired) electrons. The number of hydrogen-bond acceptors (Lipinski definition) is 4. The molecule has 0 bridgehead atoms. The van der Waals surface area contributed by atoms with Gasteiger partial charge in [-0.1, -0.05) is 13.8 Å². The van der Waals surface area contributed by atoms with E-state index in [1.54, 1.807) is 0 Å². The fourth-order valence-corrected chi connectivity index (χ4v) is 0.831. The van der Waals surface area contributed by atoms with Crippen LogP contribution in [-0.4, -0.2) is 0 Å². The summed E-state index contributed by atoms with van der Waals surface area (Å²) in [5, 5.41) is 0. The molecule has 2 N–H and O–H groups in total. The number of rotatable bonds is 2. The number of nitrogens with two attached hydrogens (primary N) is 1. The van der Waals surface area contributed by atoms with Gasteiger partial charge in [-0.3, -0.25) is 0 Å². The number of nitrogen functional groups attached to an aromatic ring is 1. The molecule has 0 unspecified atom stereocenters. The molecule has 1 rings (SSSR count). The van der Waals surface area contributed by atoms with Gasteiger partial charge in [-0.15, -0.1) is 0 Å². The molecule has 0 saturated heterocycles. The van der Waals surface area contributed by atoms with Crippen LogP contribution in [0.15, 0.2) is 13.6 Å². The largest absolute Gasteiger partial charge is 0.520 e. The van der Waals surface area contributed by atoms with Crippen molar-refractivity contribution in [2.24, 2.45) is 5.92 Å². The van der Waals surface area contributed by atoms with Crippen LogP contribution in [0.2, 0.25) is 0 Å². The summed E-state index contributed by atoms with van der Waals surface area (Å²) < 4.78 is 9.15. The van der Waals surface area contributed by atoms with Crippen LogP contribution in [0.4, 0.5) is 5.88 Å². The molecule has 1 heterocycles. The second-order valence-electron chi connectivity index (χ2n) is 2.84. The average Bonchev–Trinajstić information content (AvgIpc) is 2.09. The van der Waals surface area contributed by atoms with E-state index < -0.39 is 5.82 Å². The molecule has 0 spiro atoms. The molecule has 4 heteroatoms. The highest BCUT2D eigenvalue weighted by Crippen LogP contribution is 2.13. The smallest absolute Gasteiger partial charge is 0.394 e. The summed E-state index contributed by atoms with van der Waals surface area (Å²) in [4.78, 5) is 10.5.